The van der Waals surface area contributed by atoms with Gasteiger partial charge in [0.2, 0.25) is 5.91 Å². The zero-order valence-electron chi connectivity index (χ0n) is 17.3. The molecule has 1 aromatic carbocycles. The maximum Gasteiger partial charge on any atom is 0.226 e. The van der Waals surface area contributed by atoms with Crippen LogP contribution >= 0.6 is 0 Å². The topological polar surface area (TPSA) is 32.3 Å². The fourth-order valence-electron chi connectivity index (χ4n) is 3.14. The Hall–Kier alpha value is -1.77. The highest BCUT2D eigenvalue weighted by molar-refractivity contribution is 5.90. The van der Waals surface area contributed by atoms with E-state index < -0.39 is 0 Å². The zero-order chi connectivity index (χ0) is 19.4. The fourth-order valence-corrected chi connectivity index (χ4v) is 3.14. The molecule has 146 valence electrons. The van der Waals surface area contributed by atoms with Crippen molar-refractivity contribution in [1.29, 1.82) is 0 Å². The maximum absolute atomic E-state index is 12.2. The predicted molar refractivity (Wildman–Crippen MR) is 113 cm³/mol. The molecule has 0 heterocycles. The molecule has 0 aromatic heterocycles. The number of rotatable bonds is 13. The summed E-state index contributed by atoms with van der Waals surface area (Å²) in [4.78, 5) is 14.4. The Labute approximate surface area is 160 Å². The van der Waals surface area contributed by atoms with Gasteiger partial charge < -0.3 is 10.2 Å². The minimum atomic E-state index is 0.0619. The van der Waals surface area contributed by atoms with Crippen LogP contribution in [0.5, 0.6) is 0 Å². The third-order valence-electron chi connectivity index (χ3n) is 5.00. The second-order valence-corrected chi connectivity index (χ2v) is 7.35. The van der Waals surface area contributed by atoms with Gasteiger partial charge in [0.25, 0.3) is 0 Å². The highest BCUT2D eigenvalue weighted by Crippen LogP contribution is 2.15. The lowest BCUT2D eigenvalue weighted by Gasteiger charge is -2.30. The van der Waals surface area contributed by atoms with E-state index in [2.05, 4.69) is 49.7 Å². The van der Waals surface area contributed by atoms with Crippen molar-refractivity contribution in [2.24, 2.45) is 0 Å². The van der Waals surface area contributed by atoms with Crippen molar-refractivity contribution in [3.63, 3.8) is 0 Å². The van der Waals surface area contributed by atoms with E-state index in [1.807, 2.05) is 19.1 Å². The van der Waals surface area contributed by atoms with E-state index in [4.69, 9.17) is 0 Å². The monoisotopic (exact) mass is 358 g/mol. The van der Waals surface area contributed by atoms with Crippen molar-refractivity contribution in [2.75, 3.05) is 11.9 Å². The van der Waals surface area contributed by atoms with Gasteiger partial charge in [0.05, 0.1) is 0 Å². The maximum atomic E-state index is 12.2. The highest BCUT2D eigenvalue weighted by atomic mass is 16.1. The minimum absolute atomic E-state index is 0.0619. The first-order valence-electron chi connectivity index (χ1n) is 10.3. The Balaban J connectivity index is 2.38. The molecule has 1 aromatic rings. The molecule has 1 amide bonds. The van der Waals surface area contributed by atoms with Crippen LogP contribution in [0.3, 0.4) is 0 Å². The summed E-state index contributed by atoms with van der Waals surface area (Å²) in [5.41, 5.74) is 3.26. The Bertz CT molecular complexity index is 536. The van der Waals surface area contributed by atoms with E-state index in [9.17, 15) is 4.79 Å². The first kappa shape index (κ1) is 22.3. The summed E-state index contributed by atoms with van der Waals surface area (Å²) in [6, 6.07) is 8.72. The summed E-state index contributed by atoms with van der Waals surface area (Å²) in [5.74, 6) is 0.0619. The summed E-state index contributed by atoms with van der Waals surface area (Å²) >= 11 is 0. The van der Waals surface area contributed by atoms with Crippen molar-refractivity contribution in [1.82, 2.24) is 4.90 Å². The van der Waals surface area contributed by atoms with Gasteiger partial charge in [-0.15, -0.1) is 0 Å². The molecule has 0 saturated heterocycles. The summed E-state index contributed by atoms with van der Waals surface area (Å²) < 4.78 is 0. The number of carbonyl (C=O) groups excluding carboxylic acids is 1. The molecular weight excluding hydrogens is 320 g/mol. The SMILES string of the molecule is C=C(C)N(CCC(=O)Nc1ccc(CCCCCCC)cc1)C(C)CC. The van der Waals surface area contributed by atoms with E-state index in [0.717, 1.165) is 24.2 Å². The smallest absolute Gasteiger partial charge is 0.226 e. The van der Waals surface area contributed by atoms with Gasteiger partial charge in [0.15, 0.2) is 0 Å². The van der Waals surface area contributed by atoms with E-state index in [1.165, 1.54) is 37.7 Å². The lowest BCUT2D eigenvalue weighted by Crippen LogP contribution is -2.33. The van der Waals surface area contributed by atoms with Gasteiger partial charge >= 0.3 is 0 Å². The van der Waals surface area contributed by atoms with Gasteiger partial charge in [0, 0.05) is 30.4 Å². The molecule has 3 heteroatoms. The summed E-state index contributed by atoms with van der Waals surface area (Å²) in [5, 5.41) is 3.01. The number of aryl methyl sites for hydroxylation is 1. The van der Waals surface area contributed by atoms with Gasteiger partial charge in [0.1, 0.15) is 0 Å². The number of allylic oxidation sites excluding steroid dienone is 1. The van der Waals surface area contributed by atoms with Crippen molar-refractivity contribution in [3.8, 4) is 0 Å². The lowest BCUT2D eigenvalue weighted by atomic mass is 10.1. The van der Waals surface area contributed by atoms with Crippen LogP contribution in [0.15, 0.2) is 36.5 Å². The highest BCUT2D eigenvalue weighted by Gasteiger charge is 2.13. The van der Waals surface area contributed by atoms with Crippen LogP contribution in [0.25, 0.3) is 0 Å². The van der Waals surface area contributed by atoms with E-state index in [0.29, 0.717) is 19.0 Å². The number of carbonyl (C=O) groups is 1. The van der Waals surface area contributed by atoms with Crippen LogP contribution in [-0.4, -0.2) is 23.4 Å². The largest absolute Gasteiger partial charge is 0.372 e. The summed E-state index contributed by atoms with van der Waals surface area (Å²) in [6.45, 7) is 13.3. The molecule has 3 nitrogen and oxygen atoms in total. The second kappa shape index (κ2) is 12.6. The molecule has 1 atom stereocenters. The average Bonchev–Trinajstić information content (AvgIpc) is 2.62. The Morgan fingerprint density at radius 2 is 1.77 bits per heavy atom. The first-order chi connectivity index (χ1) is 12.5. The van der Waals surface area contributed by atoms with Crippen molar-refractivity contribution < 1.29 is 4.79 Å². The molecule has 0 aliphatic carbocycles. The van der Waals surface area contributed by atoms with Gasteiger partial charge in [-0.25, -0.2) is 0 Å². The number of anilines is 1. The van der Waals surface area contributed by atoms with Crippen molar-refractivity contribution in [2.45, 2.75) is 85.1 Å². The van der Waals surface area contributed by atoms with Gasteiger partial charge in [-0.3, -0.25) is 4.79 Å². The van der Waals surface area contributed by atoms with Crippen LogP contribution in [0.2, 0.25) is 0 Å². The van der Waals surface area contributed by atoms with Gasteiger partial charge in [-0.05, 0) is 50.8 Å². The molecule has 0 aliphatic rings. The molecule has 1 unspecified atom stereocenters. The van der Waals surface area contributed by atoms with Gasteiger partial charge in [-0.2, -0.15) is 0 Å². The molecule has 0 aliphatic heterocycles. The fraction of sp³-hybridized carbons (Fsp3) is 0.609. The second-order valence-electron chi connectivity index (χ2n) is 7.35. The van der Waals surface area contributed by atoms with Crippen LogP contribution in [0, 0.1) is 0 Å². The number of unbranched alkanes of at least 4 members (excludes halogenated alkanes) is 4. The molecular formula is C23H38N2O. The first-order valence-corrected chi connectivity index (χ1v) is 10.3. The number of nitrogens with one attached hydrogen (secondary N) is 1. The number of benzene rings is 1. The molecule has 0 spiro atoms. The van der Waals surface area contributed by atoms with Crippen LogP contribution in [-0.2, 0) is 11.2 Å². The van der Waals surface area contributed by atoms with E-state index in [-0.39, 0.29) is 5.91 Å². The van der Waals surface area contributed by atoms with Gasteiger partial charge in [-0.1, -0.05) is 58.2 Å². The third kappa shape index (κ3) is 8.55. The Kier molecular flexibility index (Phi) is 10.8. The zero-order valence-corrected chi connectivity index (χ0v) is 17.3. The Morgan fingerprint density at radius 3 is 2.35 bits per heavy atom. The molecule has 0 radical (unpaired) electrons. The molecule has 0 saturated carbocycles. The Morgan fingerprint density at radius 1 is 1.12 bits per heavy atom. The quantitative estimate of drug-likeness (QED) is 0.428. The summed E-state index contributed by atoms with van der Waals surface area (Å²) in [7, 11) is 0. The van der Waals surface area contributed by atoms with Crippen LogP contribution < -0.4 is 5.32 Å². The summed E-state index contributed by atoms with van der Waals surface area (Å²) in [6.07, 6.45) is 9.17. The number of hydrogen-bond donors (Lipinski definition) is 1. The van der Waals surface area contributed by atoms with Crippen LogP contribution in [0.4, 0.5) is 5.69 Å². The average molecular weight is 359 g/mol. The molecule has 1 N–H and O–H groups in total. The standard InChI is InChI=1S/C23H38N2O/c1-6-8-9-10-11-12-21-13-15-22(16-14-21)24-23(26)17-18-25(19(3)4)20(5)7-2/h13-16,20H,3,6-12,17-18H2,1-2,4-5H3,(H,24,26). The molecule has 26 heavy (non-hydrogen) atoms. The van der Waals surface area contributed by atoms with Crippen molar-refractivity contribution in [3.05, 3.63) is 42.1 Å². The normalized spacial score (nSPS) is 11.8. The third-order valence-corrected chi connectivity index (χ3v) is 5.00. The van der Waals surface area contributed by atoms with Crippen LogP contribution in [0.1, 0.15) is 78.2 Å². The number of amides is 1. The molecule has 0 bridgehead atoms. The molecule has 1 rings (SSSR count). The molecule has 0 fully saturated rings. The predicted octanol–water partition coefficient (Wildman–Crippen LogP) is 6.16. The lowest BCUT2D eigenvalue weighted by molar-refractivity contribution is -0.116. The van der Waals surface area contributed by atoms with E-state index in [1.54, 1.807) is 0 Å². The number of hydrogen-bond acceptors (Lipinski definition) is 2. The van der Waals surface area contributed by atoms with E-state index >= 15 is 0 Å². The number of nitrogens with zero attached hydrogens (tertiary/aromatic N) is 1. The van der Waals surface area contributed by atoms with Crippen molar-refractivity contribution >= 4 is 11.6 Å². The minimum Gasteiger partial charge on any atom is -0.372 e.